The highest BCUT2D eigenvalue weighted by atomic mass is 19.1. The first-order valence-corrected chi connectivity index (χ1v) is 6.27. The van der Waals surface area contributed by atoms with Gasteiger partial charge in [-0.3, -0.25) is 0 Å². The fraction of sp³-hybridized carbons (Fsp3) is 0.118. The van der Waals surface area contributed by atoms with E-state index in [-0.39, 0.29) is 19.0 Å². The van der Waals surface area contributed by atoms with Gasteiger partial charge in [-0.2, -0.15) is 0 Å². The van der Waals surface area contributed by atoms with Crippen molar-refractivity contribution in [1.29, 1.82) is 0 Å². The maximum atomic E-state index is 13.5. The first-order valence-electron chi connectivity index (χ1n) is 6.27. The zero-order chi connectivity index (χ0) is 15.1. The van der Waals surface area contributed by atoms with E-state index in [1.54, 1.807) is 36.4 Å². The summed E-state index contributed by atoms with van der Waals surface area (Å²) >= 11 is 0. The van der Waals surface area contributed by atoms with Crippen LogP contribution in [-0.4, -0.2) is 12.6 Å². The Bertz CT molecular complexity index is 674. The third-order valence-corrected chi connectivity index (χ3v) is 2.71. The van der Waals surface area contributed by atoms with Crippen LogP contribution in [-0.2, 0) is 11.3 Å². The van der Waals surface area contributed by atoms with Gasteiger partial charge in [-0.05, 0) is 24.3 Å². The summed E-state index contributed by atoms with van der Waals surface area (Å²) in [5.41, 5.74) is 0.772. The van der Waals surface area contributed by atoms with E-state index in [0.29, 0.717) is 16.9 Å². The molecule has 0 aliphatic carbocycles. The molecule has 0 amide bonds. The second-order valence-electron chi connectivity index (χ2n) is 4.19. The average molecular weight is 284 g/mol. The van der Waals surface area contributed by atoms with Crippen molar-refractivity contribution >= 4 is 5.97 Å². The molecule has 0 aliphatic heterocycles. The Labute approximate surface area is 122 Å². The molecular weight excluding hydrogens is 271 g/mol. The summed E-state index contributed by atoms with van der Waals surface area (Å²) in [5, 5.41) is 0. The van der Waals surface area contributed by atoms with Crippen molar-refractivity contribution in [3.05, 3.63) is 65.5 Å². The van der Waals surface area contributed by atoms with Gasteiger partial charge >= 0.3 is 5.97 Å². The Morgan fingerprint density at radius 1 is 1.19 bits per heavy atom. The Morgan fingerprint density at radius 3 is 2.76 bits per heavy atom. The van der Waals surface area contributed by atoms with Gasteiger partial charge in [-0.25, -0.2) is 9.18 Å². The number of halogens is 1. The minimum absolute atomic E-state index is 0.0789. The van der Waals surface area contributed by atoms with Gasteiger partial charge in [-0.1, -0.05) is 30.2 Å². The molecule has 0 bridgehead atoms. The minimum atomic E-state index is -0.524. The smallest absolute Gasteiger partial charge is 0.339 e. The molecule has 0 aromatic heterocycles. The van der Waals surface area contributed by atoms with Gasteiger partial charge < -0.3 is 9.47 Å². The molecule has 0 N–H and O–H groups in total. The molecule has 2 aromatic carbocycles. The van der Waals surface area contributed by atoms with Crippen molar-refractivity contribution in [1.82, 2.24) is 0 Å². The maximum Gasteiger partial charge on any atom is 0.339 e. The van der Waals surface area contributed by atoms with Crippen LogP contribution in [0, 0.1) is 18.2 Å². The van der Waals surface area contributed by atoms with Crippen LogP contribution in [0.2, 0.25) is 0 Å². The predicted octanol–water partition coefficient (Wildman–Crippen LogP) is 3.19. The fourth-order valence-corrected chi connectivity index (χ4v) is 1.68. The average Bonchev–Trinajstić information content (AvgIpc) is 2.52. The van der Waals surface area contributed by atoms with Crippen LogP contribution in [0.3, 0.4) is 0 Å². The SMILES string of the molecule is C#CCOC(=O)c1cccc(OCc2ccccc2F)c1. The molecule has 2 rings (SSSR count). The van der Waals surface area contributed by atoms with E-state index in [1.165, 1.54) is 12.1 Å². The van der Waals surface area contributed by atoms with Gasteiger partial charge in [0, 0.05) is 5.56 Å². The number of ether oxygens (including phenoxy) is 2. The lowest BCUT2D eigenvalue weighted by molar-refractivity contribution is 0.0556. The number of benzene rings is 2. The van der Waals surface area contributed by atoms with Crippen molar-refractivity contribution in [2.75, 3.05) is 6.61 Å². The summed E-state index contributed by atoms with van der Waals surface area (Å²) in [6.07, 6.45) is 5.02. The first-order chi connectivity index (χ1) is 10.2. The molecule has 2 aromatic rings. The monoisotopic (exact) mass is 284 g/mol. The van der Waals surface area contributed by atoms with Gasteiger partial charge in [0.25, 0.3) is 0 Å². The number of carbonyl (C=O) groups excluding carboxylic acids is 1. The van der Waals surface area contributed by atoms with Crippen molar-refractivity contribution < 1.29 is 18.7 Å². The van der Waals surface area contributed by atoms with E-state index in [1.807, 2.05) is 0 Å². The number of rotatable bonds is 5. The zero-order valence-electron chi connectivity index (χ0n) is 11.2. The van der Waals surface area contributed by atoms with Gasteiger partial charge in [-0.15, -0.1) is 6.42 Å². The summed E-state index contributed by atoms with van der Waals surface area (Å²) in [7, 11) is 0. The van der Waals surface area contributed by atoms with E-state index in [0.717, 1.165) is 0 Å². The molecule has 0 fully saturated rings. The van der Waals surface area contributed by atoms with Gasteiger partial charge in [0.1, 0.15) is 18.2 Å². The van der Waals surface area contributed by atoms with E-state index >= 15 is 0 Å². The number of carbonyl (C=O) groups is 1. The molecule has 4 heteroatoms. The molecule has 0 unspecified atom stereocenters. The van der Waals surface area contributed by atoms with Crippen LogP contribution < -0.4 is 4.74 Å². The number of terminal acetylenes is 1. The number of hydrogen-bond acceptors (Lipinski definition) is 3. The highest BCUT2D eigenvalue weighted by molar-refractivity contribution is 5.89. The van der Waals surface area contributed by atoms with Crippen LogP contribution in [0.15, 0.2) is 48.5 Å². The third kappa shape index (κ3) is 4.08. The molecule has 0 radical (unpaired) electrons. The largest absolute Gasteiger partial charge is 0.489 e. The minimum Gasteiger partial charge on any atom is -0.489 e. The Balaban J connectivity index is 2.03. The van der Waals surface area contributed by atoms with Crippen molar-refractivity contribution in [3.8, 4) is 18.1 Å². The van der Waals surface area contributed by atoms with Crippen LogP contribution in [0.5, 0.6) is 5.75 Å². The van der Waals surface area contributed by atoms with Crippen LogP contribution in [0.1, 0.15) is 15.9 Å². The van der Waals surface area contributed by atoms with E-state index < -0.39 is 5.97 Å². The van der Waals surface area contributed by atoms with E-state index in [4.69, 9.17) is 15.9 Å². The molecule has 0 saturated heterocycles. The summed E-state index contributed by atoms with van der Waals surface area (Å²) < 4.78 is 23.8. The summed E-state index contributed by atoms with van der Waals surface area (Å²) in [4.78, 5) is 11.7. The summed E-state index contributed by atoms with van der Waals surface area (Å²) in [5.74, 6) is 1.82. The molecule has 3 nitrogen and oxygen atoms in total. The molecule has 0 spiro atoms. The molecule has 106 valence electrons. The van der Waals surface area contributed by atoms with Crippen molar-refractivity contribution in [2.24, 2.45) is 0 Å². The van der Waals surface area contributed by atoms with Gasteiger partial charge in [0.2, 0.25) is 0 Å². The molecule has 21 heavy (non-hydrogen) atoms. The number of hydrogen-bond donors (Lipinski definition) is 0. The Hall–Kier alpha value is -2.80. The lowest BCUT2D eigenvalue weighted by Crippen LogP contribution is -2.06. The lowest BCUT2D eigenvalue weighted by atomic mass is 10.2. The third-order valence-electron chi connectivity index (χ3n) is 2.71. The number of esters is 1. The van der Waals surface area contributed by atoms with Crippen LogP contribution >= 0.6 is 0 Å². The fourth-order valence-electron chi connectivity index (χ4n) is 1.68. The van der Waals surface area contributed by atoms with Gasteiger partial charge in [0.05, 0.1) is 5.56 Å². The predicted molar refractivity (Wildman–Crippen MR) is 76.3 cm³/mol. The van der Waals surface area contributed by atoms with Gasteiger partial charge in [0.15, 0.2) is 6.61 Å². The van der Waals surface area contributed by atoms with E-state index in [9.17, 15) is 9.18 Å². The summed E-state index contributed by atoms with van der Waals surface area (Å²) in [6, 6.07) is 12.8. The normalized spacial score (nSPS) is 9.71. The standard InChI is InChI=1S/C17H13FO3/c1-2-10-20-17(19)13-7-5-8-15(11-13)21-12-14-6-3-4-9-16(14)18/h1,3-9,11H,10,12H2. The van der Waals surface area contributed by atoms with Crippen molar-refractivity contribution in [2.45, 2.75) is 6.61 Å². The molecule has 0 aliphatic rings. The van der Waals surface area contributed by atoms with Crippen LogP contribution in [0.25, 0.3) is 0 Å². The quantitative estimate of drug-likeness (QED) is 0.625. The van der Waals surface area contributed by atoms with E-state index in [2.05, 4.69) is 5.92 Å². The van der Waals surface area contributed by atoms with Crippen molar-refractivity contribution in [3.63, 3.8) is 0 Å². The maximum absolute atomic E-state index is 13.5. The zero-order valence-corrected chi connectivity index (χ0v) is 11.2. The Morgan fingerprint density at radius 2 is 2.00 bits per heavy atom. The Kier molecular flexibility index (Phi) is 4.94. The molecule has 0 heterocycles. The highest BCUT2D eigenvalue weighted by Crippen LogP contribution is 2.17. The second-order valence-corrected chi connectivity index (χ2v) is 4.19. The lowest BCUT2D eigenvalue weighted by Gasteiger charge is -2.08. The molecule has 0 atom stereocenters. The second kappa shape index (κ2) is 7.11. The molecule has 0 saturated carbocycles. The highest BCUT2D eigenvalue weighted by Gasteiger charge is 2.08. The summed E-state index contributed by atoms with van der Waals surface area (Å²) in [6.45, 7) is -0.00528. The topological polar surface area (TPSA) is 35.5 Å². The first kappa shape index (κ1) is 14.6. The molecular formula is C17H13FO3. The van der Waals surface area contributed by atoms with Crippen LogP contribution in [0.4, 0.5) is 4.39 Å².